The van der Waals surface area contributed by atoms with Crippen molar-refractivity contribution in [2.75, 3.05) is 0 Å². The SMILES string of the molecule is N/C=C(\C=C/C=C1CC1)c1cnc2n[nH]c(-c3cc4c(-c5cccc(F)c5)cccc4[nH]3)c2c1. The van der Waals surface area contributed by atoms with Crippen LogP contribution in [0.1, 0.15) is 18.4 Å². The number of aromatic nitrogens is 4. The van der Waals surface area contributed by atoms with Gasteiger partial charge in [-0.05, 0) is 59.9 Å². The number of hydrogen-bond acceptors (Lipinski definition) is 3. The topological polar surface area (TPSA) is 83.4 Å². The van der Waals surface area contributed by atoms with Crippen LogP contribution in [0.15, 0.2) is 90.8 Å². The van der Waals surface area contributed by atoms with Gasteiger partial charge in [-0.1, -0.05) is 48.1 Å². The Hall–Kier alpha value is -4.45. The predicted octanol–water partition coefficient (Wildman–Crippen LogP) is 6.49. The molecule has 6 heteroatoms. The molecule has 6 rings (SSSR count). The first kappa shape index (κ1) is 20.2. The highest BCUT2D eigenvalue weighted by Gasteiger charge is 2.15. The molecule has 0 atom stereocenters. The minimum absolute atomic E-state index is 0.255. The van der Waals surface area contributed by atoms with E-state index < -0.39 is 0 Å². The lowest BCUT2D eigenvalue weighted by Gasteiger charge is -2.03. The molecule has 1 saturated carbocycles. The summed E-state index contributed by atoms with van der Waals surface area (Å²) >= 11 is 0. The van der Waals surface area contributed by atoms with Gasteiger partial charge in [0.05, 0.1) is 11.4 Å². The van der Waals surface area contributed by atoms with Crippen LogP contribution in [0, 0.1) is 5.82 Å². The summed E-state index contributed by atoms with van der Waals surface area (Å²) in [5.74, 6) is -0.255. The molecular formula is C28H22FN5. The van der Waals surface area contributed by atoms with Crippen molar-refractivity contribution in [3.05, 3.63) is 102 Å². The van der Waals surface area contributed by atoms with Crippen LogP contribution < -0.4 is 5.73 Å². The number of aromatic amines is 2. The van der Waals surface area contributed by atoms with Crippen LogP contribution in [0.4, 0.5) is 4.39 Å². The number of rotatable bonds is 5. The maximum absolute atomic E-state index is 13.9. The first-order chi connectivity index (χ1) is 16.7. The van der Waals surface area contributed by atoms with E-state index in [4.69, 9.17) is 5.73 Å². The Labute approximate surface area is 195 Å². The quantitative estimate of drug-likeness (QED) is 0.269. The van der Waals surface area contributed by atoms with Crippen molar-refractivity contribution in [3.8, 4) is 22.5 Å². The molecule has 4 N–H and O–H groups in total. The third-order valence-electron chi connectivity index (χ3n) is 6.14. The number of nitrogens with one attached hydrogen (secondary N) is 2. The number of H-pyrrole nitrogens is 2. The van der Waals surface area contributed by atoms with E-state index >= 15 is 0 Å². The van der Waals surface area contributed by atoms with Crippen LogP contribution in [-0.4, -0.2) is 20.2 Å². The zero-order chi connectivity index (χ0) is 23.1. The molecule has 0 aliphatic heterocycles. The molecule has 0 amide bonds. The summed E-state index contributed by atoms with van der Waals surface area (Å²) < 4.78 is 13.9. The highest BCUT2D eigenvalue weighted by Crippen LogP contribution is 2.34. The monoisotopic (exact) mass is 447 g/mol. The van der Waals surface area contributed by atoms with Crippen LogP contribution in [0.5, 0.6) is 0 Å². The number of hydrogen-bond donors (Lipinski definition) is 3. The van der Waals surface area contributed by atoms with E-state index in [0.717, 1.165) is 49.9 Å². The number of halogens is 1. The number of allylic oxidation sites excluding steroid dienone is 5. The van der Waals surface area contributed by atoms with Gasteiger partial charge in [-0.25, -0.2) is 9.37 Å². The molecule has 3 aromatic heterocycles. The Kier molecular flexibility index (Phi) is 4.84. The molecule has 0 bridgehead atoms. The fraction of sp³-hybridized carbons (Fsp3) is 0.0714. The van der Waals surface area contributed by atoms with Crippen molar-refractivity contribution < 1.29 is 4.39 Å². The summed E-state index contributed by atoms with van der Waals surface area (Å²) in [7, 11) is 0. The van der Waals surface area contributed by atoms with Gasteiger partial charge in [-0.2, -0.15) is 5.10 Å². The average molecular weight is 448 g/mol. The fourth-order valence-corrected chi connectivity index (χ4v) is 4.24. The van der Waals surface area contributed by atoms with Crippen molar-refractivity contribution in [3.63, 3.8) is 0 Å². The van der Waals surface area contributed by atoms with Crippen molar-refractivity contribution >= 4 is 27.5 Å². The first-order valence-corrected chi connectivity index (χ1v) is 11.2. The van der Waals surface area contributed by atoms with Gasteiger partial charge in [0.15, 0.2) is 5.65 Å². The van der Waals surface area contributed by atoms with Gasteiger partial charge in [0.2, 0.25) is 0 Å². The summed E-state index contributed by atoms with van der Waals surface area (Å²) in [6.45, 7) is 0. The molecule has 34 heavy (non-hydrogen) atoms. The molecule has 0 radical (unpaired) electrons. The maximum atomic E-state index is 13.9. The maximum Gasteiger partial charge on any atom is 0.181 e. The summed E-state index contributed by atoms with van der Waals surface area (Å²) in [4.78, 5) is 8.01. The summed E-state index contributed by atoms with van der Waals surface area (Å²) in [6.07, 6.45) is 11.9. The zero-order valence-corrected chi connectivity index (χ0v) is 18.3. The fourth-order valence-electron chi connectivity index (χ4n) is 4.24. The summed E-state index contributed by atoms with van der Waals surface area (Å²) in [5, 5.41) is 9.42. The van der Waals surface area contributed by atoms with E-state index in [1.165, 1.54) is 24.5 Å². The molecule has 0 saturated heterocycles. The number of benzene rings is 2. The van der Waals surface area contributed by atoms with Crippen LogP contribution in [-0.2, 0) is 0 Å². The molecule has 0 spiro atoms. The van der Waals surface area contributed by atoms with Crippen molar-refractivity contribution in [1.82, 2.24) is 20.2 Å². The van der Waals surface area contributed by atoms with Gasteiger partial charge in [0.1, 0.15) is 5.82 Å². The van der Waals surface area contributed by atoms with Crippen molar-refractivity contribution in [1.29, 1.82) is 0 Å². The molecule has 1 aliphatic rings. The highest BCUT2D eigenvalue weighted by molar-refractivity contribution is 6.01. The number of pyridine rings is 1. The van der Waals surface area contributed by atoms with Gasteiger partial charge in [-0.3, -0.25) is 5.10 Å². The first-order valence-electron chi connectivity index (χ1n) is 11.2. The zero-order valence-electron chi connectivity index (χ0n) is 18.3. The van der Waals surface area contributed by atoms with Crippen LogP contribution >= 0.6 is 0 Å². The average Bonchev–Trinajstić information content (AvgIpc) is 3.42. The third kappa shape index (κ3) is 3.69. The Balaban J connectivity index is 1.43. The normalized spacial score (nSPS) is 13.9. The molecule has 1 fully saturated rings. The molecule has 0 unspecified atom stereocenters. The number of nitrogens with two attached hydrogens (primary N) is 1. The molecule has 166 valence electrons. The summed E-state index contributed by atoms with van der Waals surface area (Å²) in [5.41, 5.74) is 14.3. The van der Waals surface area contributed by atoms with Crippen LogP contribution in [0.2, 0.25) is 0 Å². The smallest absolute Gasteiger partial charge is 0.181 e. The summed E-state index contributed by atoms with van der Waals surface area (Å²) in [6, 6.07) is 16.7. The largest absolute Gasteiger partial charge is 0.404 e. The van der Waals surface area contributed by atoms with E-state index in [0.29, 0.717) is 5.65 Å². The molecule has 5 nitrogen and oxygen atoms in total. The van der Waals surface area contributed by atoms with Gasteiger partial charge in [-0.15, -0.1) is 0 Å². The van der Waals surface area contributed by atoms with Gasteiger partial charge in [0, 0.05) is 34.2 Å². The van der Waals surface area contributed by atoms with E-state index in [1.54, 1.807) is 24.5 Å². The third-order valence-corrected chi connectivity index (χ3v) is 6.14. The Morgan fingerprint density at radius 2 is 1.91 bits per heavy atom. The Bertz CT molecular complexity index is 1630. The number of fused-ring (bicyclic) bond motifs is 2. The van der Waals surface area contributed by atoms with E-state index in [1.807, 2.05) is 42.5 Å². The second kappa shape index (κ2) is 8.15. The molecule has 1 aliphatic carbocycles. The second-order valence-electron chi connectivity index (χ2n) is 8.46. The predicted molar refractivity (Wildman–Crippen MR) is 135 cm³/mol. The standard InChI is InChI=1S/C28H22FN5/c29-21-7-2-5-18(12-21)22-8-3-9-25-23(22)14-26(32-25)27-24-13-20(16-31-28(24)34-33-27)19(15-30)6-1-4-17-10-11-17/h1-9,12-16,32H,10-11,30H2,(H,31,33,34)/b6-1-,19-15+. The van der Waals surface area contributed by atoms with Gasteiger partial charge in [0.25, 0.3) is 0 Å². The highest BCUT2D eigenvalue weighted by atomic mass is 19.1. The molecular weight excluding hydrogens is 425 g/mol. The van der Waals surface area contributed by atoms with E-state index in [-0.39, 0.29) is 5.82 Å². The number of nitrogens with zero attached hydrogens (tertiary/aromatic N) is 2. The lowest BCUT2D eigenvalue weighted by Crippen LogP contribution is -1.89. The second-order valence-corrected chi connectivity index (χ2v) is 8.46. The van der Waals surface area contributed by atoms with Crippen molar-refractivity contribution in [2.24, 2.45) is 5.73 Å². The minimum Gasteiger partial charge on any atom is -0.404 e. The Morgan fingerprint density at radius 1 is 1.03 bits per heavy atom. The minimum atomic E-state index is -0.255. The Morgan fingerprint density at radius 3 is 2.74 bits per heavy atom. The van der Waals surface area contributed by atoms with Crippen LogP contribution in [0.25, 0.3) is 50.0 Å². The van der Waals surface area contributed by atoms with Gasteiger partial charge >= 0.3 is 0 Å². The lowest BCUT2D eigenvalue weighted by molar-refractivity contribution is 0.628. The van der Waals surface area contributed by atoms with Gasteiger partial charge < -0.3 is 10.7 Å². The van der Waals surface area contributed by atoms with Crippen LogP contribution in [0.3, 0.4) is 0 Å². The van der Waals surface area contributed by atoms with E-state index in [2.05, 4.69) is 32.3 Å². The molecule has 2 aromatic carbocycles. The lowest BCUT2D eigenvalue weighted by atomic mass is 10.0. The molecule has 3 heterocycles. The molecule has 5 aromatic rings. The van der Waals surface area contributed by atoms with E-state index in [9.17, 15) is 4.39 Å². The van der Waals surface area contributed by atoms with Crippen molar-refractivity contribution in [2.45, 2.75) is 12.8 Å².